The summed E-state index contributed by atoms with van der Waals surface area (Å²) in [6, 6.07) is 5.84. The van der Waals surface area contributed by atoms with E-state index in [0.29, 0.717) is 12.1 Å². The molecular formula is C16H22N4O. The number of unbranched alkanes of at least 4 members (excludes halogenated alkanes) is 1. The Morgan fingerprint density at radius 1 is 1.33 bits per heavy atom. The van der Waals surface area contributed by atoms with Gasteiger partial charge in [0.1, 0.15) is 0 Å². The van der Waals surface area contributed by atoms with Crippen LogP contribution < -0.4 is 10.6 Å². The van der Waals surface area contributed by atoms with Gasteiger partial charge in [0, 0.05) is 38.2 Å². The van der Waals surface area contributed by atoms with E-state index in [1.165, 1.54) is 0 Å². The molecule has 1 heterocycles. The van der Waals surface area contributed by atoms with Gasteiger partial charge in [-0.2, -0.15) is 0 Å². The number of hydrogen-bond acceptors (Lipinski definition) is 3. The van der Waals surface area contributed by atoms with Crippen LogP contribution in [0, 0.1) is 6.92 Å². The third kappa shape index (κ3) is 4.34. The lowest BCUT2D eigenvalue weighted by Crippen LogP contribution is -2.25. The van der Waals surface area contributed by atoms with Gasteiger partial charge in [0.15, 0.2) is 0 Å². The molecule has 0 aliphatic carbocycles. The van der Waals surface area contributed by atoms with Crippen LogP contribution in [0.2, 0.25) is 0 Å². The predicted octanol–water partition coefficient (Wildman–Crippen LogP) is 2.44. The highest BCUT2D eigenvalue weighted by Crippen LogP contribution is 2.16. The number of aryl methyl sites for hydroxylation is 2. The Kier molecular flexibility index (Phi) is 5.37. The minimum atomic E-state index is -0.0225. The van der Waals surface area contributed by atoms with Gasteiger partial charge in [0.25, 0.3) is 5.91 Å². The molecule has 1 amide bonds. The largest absolute Gasteiger partial charge is 0.387 e. The van der Waals surface area contributed by atoms with Crippen LogP contribution in [-0.4, -0.2) is 29.1 Å². The molecule has 21 heavy (non-hydrogen) atoms. The first kappa shape index (κ1) is 15.1. The average molecular weight is 286 g/mol. The third-order valence-electron chi connectivity index (χ3n) is 3.38. The highest BCUT2D eigenvalue weighted by atomic mass is 16.1. The average Bonchev–Trinajstić information content (AvgIpc) is 3.00. The fourth-order valence-corrected chi connectivity index (χ4v) is 2.20. The van der Waals surface area contributed by atoms with E-state index in [4.69, 9.17) is 0 Å². The Bertz CT molecular complexity index is 578. The van der Waals surface area contributed by atoms with E-state index in [-0.39, 0.29) is 5.91 Å². The molecule has 112 valence electrons. The van der Waals surface area contributed by atoms with E-state index >= 15 is 0 Å². The SMILES string of the molecule is CNc1ccc(C)cc1C(=O)NCCCCn1ccnc1. The number of carbonyl (C=O) groups excluding carboxylic acids is 1. The minimum Gasteiger partial charge on any atom is -0.387 e. The molecule has 0 atom stereocenters. The molecule has 2 rings (SSSR count). The van der Waals surface area contributed by atoms with Gasteiger partial charge in [-0.25, -0.2) is 4.98 Å². The quantitative estimate of drug-likeness (QED) is 0.769. The summed E-state index contributed by atoms with van der Waals surface area (Å²) in [5.41, 5.74) is 2.64. The molecule has 0 aliphatic rings. The summed E-state index contributed by atoms with van der Waals surface area (Å²) in [6.07, 6.45) is 7.50. The Balaban J connectivity index is 1.78. The minimum absolute atomic E-state index is 0.0225. The molecule has 0 radical (unpaired) electrons. The summed E-state index contributed by atoms with van der Waals surface area (Å²) >= 11 is 0. The summed E-state index contributed by atoms with van der Waals surface area (Å²) in [7, 11) is 1.83. The summed E-state index contributed by atoms with van der Waals surface area (Å²) < 4.78 is 2.04. The van der Waals surface area contributed by atoms with Gasteiger partial charge >= 0.3 is 0 Å². The molecule has 0 unspecified atom stereocenters. The summed E-state index contributed by atoms with van der Waals surface area (Å²) in [4.78, 5) is 16.2. The Morgan fingerprint density at radius 2 is 2.19 bits per heavy atom. The normalized spacial score (nSPS) is 10.4. The number of anilines is 1. The molecule has 0 fully saturated rings. The number of nitrogens with one attached hydrogen (secondary N) is 2. The van der Waals surface area contributed by atoms with Crippen molar-refractivity contribution < 1.29 is 4.79 Å². The molecule has 0 bridgehead atoms. The molecule has 0 saturated carbocycles. The zero-order valence-corrected chi connectivity index (χ0v) is 12.6. The number of rotatable bonds is 7. The number of hydrogen-bond donors (Lipinski definition) is 2. The number of carbonyl (C=O) groups is 1. The van der Waals surface area contributed by atoms with E-state index in [0.717, 1.165) is 30.6 Å². The van der Waals surface area contributed by atoms with Gasteiger partial charge in [0.05, 0.1) is 11.9 Å². The molecule has 5 heteroatoms. The number of benzene rings is 1. The molecule has 1 aromatic heterocycles. The molecular weight excluding hydrogens is 264 g/mol. The van der Waals surface area contributed by atoms with Crippen LogP contribution in [0.15, 0.2) is 36.9 Å². The van der Waals surface area contributed by atoms with Crippen molar-refractivity contribution in [2.24, 2.45) is 0 Å². The second-order valence-corrected chi connectivity index (χ2v) is 5.06. The fraction of sp³-hybridized carbons (Fsp3) is 0.375. The first-order valence-electron chi connectivity index (χ1n) is 7.23. The van der Waals surface area contributed by atoms with Gasteiger partial charge in [0.2, 0.25) is 0 Å². The third-order valence-corrected chi connectivity index (χ3v) is 3.38. The molecule has 0 saturated heterocycles. The van der Waals surface area contributed by atoms with Crippen molar-refractivity contribution >= 4 is 11.6 Å². The lowest BCUT2D eigenvalue weighted by Gasteiger charge is -2.11. The van der Waals surface area contributed by atoms with Gasteiger partial charge in [-0.15, -0.1) is 0 Å². The molecule has 0 spiro atoms. The van der Waals surface area contributed by atoms with E-state index in [2.05, 4.69) is 15.6 Å². The highest BCUT2D eigenvalue weighted by Gasteiger charge is 2.10. The van der Waals surface area contributed by atoms with Crippen molar-refractivity contribution in [3.05, 3.63) is 48.0 Å². The summed E-state index contributed by atoms with van der Waals surface area (Å²) in [5, 5.41) is 6.03. The molecule has 2 aromatic rings. The zero-order chi connectivity index (χ0) is 15.1. The van der Waals surface area contributed by atoms with Crippen LogP contribution in [0.1, 0.15) is 28.8 Å². The lowest BCUT2D eigenvalue weighted by molar-refractivity contribution is 0.0953. The van der Waals surface area contributed by atoms with Crippen molar-refractivity contribution in [1.82, 2.24) is 14.9 Å². The zero-order valence-electron chi connectivity index (χ0n) is 12.6. The van der Waals surface area contributed by atoms with Gasteiger partial charge < -0.3 is 15.2 Å². The van der Waals surface area contributed by atoms with Crippen LogP contribution in [0.4, 0.5) is 5.69 Å². The predicted molar refractivity (Wildman–Crippen MR) is 84.5 cm³/mol. The molecule has 2 N–H and O–H groups in total. The van der Waals surface area contributed by atoms with Crippen LogP contribution in [-0.2, 0) is 6.54 Å². The Labute approximate surface area is 125 Å². The lowest BCUT2D eigenvalue weighted by atomic mass is 10.1. The number of imidazole rings is 1. The van der Waals surface area contributed by atoms with Crippen molar-refractivity contribution in [2.45, 2.75) is 26.3 Å². The molecule has 5 nitrogen and oxygen atoms in total. The first-order chi connectivity index (χ1) is 10.2. The van der Waals surface area contributed by atoms with Crippen molar-refractivity contribution in [1.29, 1.82) is 0 Å². The number of nitrogens with zero attached hydrogens (tertiary/aromatic N) is 2. The second kappa shape index (κ2) is 7.47. The smallest absolute Gasteiger partial charge is 0.253 e. The van der Waals surface area contributed by atoms with Crippen LogP contribution in [0.3, 0.4) is 0 Å². The van der Waals surface area contributed by atoms with Crippen molar-refractivity contribution in [2.75, 3.05) is 18.9 Å². The highest BCUT2D eigenvalue weighted by molar-refractivity contribution is 5.99. The Hall–Kier alpha value is -2.30. The fourth-order valence-electron chi connectivity index (χ4n) is 2.20. The van der Waals surface area contributed by atoms with E-state index in [9.17, 15) is 4.79 Å². The van der Waals surface area contributed by atoms with Crippen LogP contribution >= 0.6 is 0 Å². The number of amides is 1. The van der Waals surface area contributed by atoms with Gasteiger partial charge in [-0.1, -0.05) is 11.6 Å². The molecule has 0 aliphatic heterocycles. The standard InChI is InChI=1S/C16H22N4O/c1-13-5-6-15(17-2)14(11-13)16(21)19-7-3-4-9-20-10-8-18-12-20/h5-6,8,10-12,17H,3-4,7,9H2,1-2H3,(H,19,21). The maximum Gasteiger partial charge on any atom is 0.253 e. The first-order valence-corrected chi connectivity index (χ1v) is 7.23. The van der Waals surface area contributed by atoms with Crippen molar-refractivity contribution in [3.63, 3.8) is 0 Å². The maximum absolute atomic E-state index is 12.2. The van der Waals surface area contributed by atoms with Crippen LogP contribution in [0.5, 0.6) is 0 Å². The topological polar surface area (TPSA) is 59.0 Å². The van der Waals surface area contributed by atoms with E-state index < -0.39 is 0 Å². The van der Waals surface area contributed by atoms with Crippen LogP contribution in [0.25, 0.3) is 0 Å². The maximum atomic E-state index is 12.2. The summed E-state index contributed by atoms with van der Waals surface area (Å²) in [6.45, 7) is 3.61. The summed E-state index contributed by atoms with van der Waals surface area (Å²) in [5.74, 6) is -0.0225. The molecule has 1 aromatic carbocycles. The van der Waals surface area contributed by atoms with E-state index in [1.54, 1.807) is 6.20 Å². The van der Waals surface area contributed by atoms with Gasteiger partial charge in [-0.3, -0.25) is 4.79 Å². The Morgan fingerprint density at radius 3 is 2.90 bits per heavy atom. The monoisotopic (exact) mass is 286 g/mol. The second-order valence-electron chi connectivity index (χ2n) is 5.06. The number of aromatic nitrogens is 2. The van der Waals surface area contributed by atoms with Gasteiger partial charge in [-0.05, 0) is 31.9 Å². The van der Waals surface area contributed by atoms with Crippen molar-refractivity contribution in [3.8, 4) is 0 Å². The van der Waals surface area contributed by atoms with E-state index in [1.807, 2.05) is 49.3 Å².